The summed E-state index contributed by atoms with van der Waals surface area (Å²) >= 11 is 0. The van der Waals surface area contributed by atoms with Crippen molar-refractivity contribution >= 4 is 82.5 Å². The molecule has 6 aromatic rings. The van der Waals surface area contributed by atoms with E-state index in [1.807, 2.05) is 0 Å². The molecule has 3 saturated heterocycles. The van der Waals surface area contributed by atoms with Crippen LogP contribution in [0.1, 0.15) is 25.1 Å². The molecule has 0 radical (unpaired) electrons. The van der Waals surface area contributed by atoms with E-state index in [2.05, 4.69) is 48.5 Å². The van der Waals surface area contributed by atoms with Gasteiger partial charge < -0.3 is 76.1 Å². The minimum atomic E-state index is -6.19. The number of fused-ring (bicyclic) bond motifs is 3. The van der Waals surface area contributed by atoms with Crippen molar-refractivity contribution in [3.63, 3.8) is 0 Å². The number of nitrogens with two attached hydrogens (primary N) is 3. The Morgan fingerprint density at radius 1 is 0.701 bits per heavy atom. The number of aromatic amines is 2. The average Bonchev–Trinajstić information content (AvgIpc) is 4.22. The number of rotatable bonds is 21. The van der Waals surface area contributed by atoms with Crippen LogP contribution in [0.4, 0.5) is 17.7 Å². The van der Waals surface area contributed by atoms with Crippen LogP contribution in [0.15, 0.2) is 34.9 Å². The Kier molecular flexibility index (Phi) is 15.8. The molecule has 0 aliphatic carbocycles. The Morgan fingerprint density at radius 3 is 1.97 bits per heavy atom. The zero-order valence-corrected chi connectivity index (χ0v) is 43.0. The molecule has 9 heterocycles. The molecule has 77 heavy (non-hydrogen) atoms. The second-order valence-corrected chi connectivity index (χ2v) is 23.2. The van der Waals surface area contributed by atoms with Gasteiger partial charge in [0.1, 0.15) is 54.6 Å². The molecule has 3 aliphatic rings. The molecule has 9 rings (SSSR count). The highest BCUT2D eigenvalue weighted by Crippen LogP contribution is 2.68. The molecule has 0 aromatic carbocycles. The predicted octanol–water partition coefficient (Wildman–Crippen LogP) is -4.07. The number of aliphatic hydroxyl groups is 4. The number of aliphatic hydroxyl groups excluding tert-OH is 4. The van der Waals surface area contributed by atoms with Gasteiger partial charge in [0.05, 0.1) is 45.6 Å². The number of hydrogen-bond acceptors (Lipinski definition) is 29. The normalized spacial score (nSPS) is 30.0. The van der Waals surface area contributed by atoms with Gasteiger partial charge in [-0.15, -0.1) is 0 Å². The van der Waals surface area contributed by atoms with Crippen molar-refractivity contribution in [2.75, 3.05) is 50.7 Å². The highest BCUT2D eigenvalue weighted by molar-refractivity contribution is 7.66. The first-order chi connectivity index (χ1) is 36.2. The van der Waals surface area contributed by atoms with Gasteiger partial charge in [-0.2, -0.15) is 13.6 Å². The first-order valence-electron chi connectivity index (χ1n) is 22.1. The van der Waals surface area contributed by atoms with Crippen LogP contribution in [-0.4, -0.2) is 176 Å². The number of aryl methyl sites for hydroxylation is 1. The number of phosphoric ester groups is 3. The van der Waals surface area contributed by atoms with Crippen molar-refractivity contribution in [3.8, 4) is 0 Å². The molecule has 422 valence electrons. The lowest BCUT2D eigenvalue weighted by Crippen LogP contribution is -2.45. The van der Waals surface area contributed by atoms with E-state index in [4.69, 9.17) is 54.2 Å². The molecular formula is C34H48N15O24P4+. The second-order valence-electron chi connectivity index (χ2n) is 17.2. The maximum Gasteiger partial charge on any atom is 0.490 e. The summed E-state index contributed by atoms with van der Waals surface area (Å²) in [5, 5.41) is 42.7. The van der Waals surface area contributed by atoms with Gasteiger partial charge in [-0.25, -0.2) is 42.8 Å². The van der Waals surface area contributed by atoms with Gasteiger partial charge in [0, 0.05) is 19.6 Å². The maximum absolute atomic E-state index is 13.7. The van der Waals surface area contributed by atoms with Gasteiger partial charge in [0.2, 0.25) is 17.7 Å². The molecule has 3 fully saturated rings. The van der Waals surface area contributed by atoms with Crippen LogP contribution in [-0.2, 0) is 71.0 Å². The molecule has 6 aromatic heterocycles. The molecule has 0 spiro atoms. The predicted molar refractivity (Wildman–Crippen MR) is 248 cm³/mol. The summed E-state index contributed by atoms with van der Waals surface area (Å²) in [4.78, 5) is 96.3. The largest absolute Gasteiger partial charge is 0.490 e. The Bertz CT molecular complexity index is 3510. The Labute approximate surface area is 427 Å². The summed E-state index contributed by atoms with van der Waals surface area (Å²) in [5.74, 6) is -1.75. The standard InChI is InChI=1S/C34H47N15O24P4/c1-46-11-49(27-18(46)29(55)45-34(37)43-27)30-19(51)12(3-4-50)13(68-30)5-66-75(58,59)72-77(62,63)73-76(60,61)67-7-15-22(23(64-2)32(70-15)47-9-40-16-24(35)38-8-39-25(16)47)71-74(56,57)65-6-14-20(52)21(53)31(69-14)48-10-41-17-26(48)42-33(36)44-28(17)54/h8-15,19-23,30-32,50-53H,3-7H2,1-2H3,(H11-,35,36,37,38,39,42,43,44,45,54,55,56,57,58,59,60,61,62,63)/p+1/t12-,13-,14-,15-,19-,20-,21-,22-,23-,30-,31-,32-/m1/s1. The lowest BCUT2D eigenvalue weighted by Gasteiger charge is -2.26. The second kappa shape index (κ2) is 21.5. The van der Waals surface area contributed by atoms with Crippen LogP contribution >= 0.6 is 31.3 Å². The molecule has 3 aliphatic heterocycles. The molecule has 0 saturated carbocycles. The number of phosphoric acid groups is 4. The minimum Gasteiger partial charge on any atom is -0.396 e. The van der Waals surface area contributed by atoms with E-state index in [0.717, 1.165) is 30.7 Å². The van der Waals surface area contributed by atoms with E-state index in [1.165, 1.54) is 27.1 Å². The van der Waals surface area contributed by atoms with Crippen molar-refractivity contribution < 1.29 is 108 Å². The topological polar surface area (TPSA) is 562 Å². The number of aromatic nitrogens is 12. The van der Waals surface area contributed by atoms with E-state index in [1.54, 1.807) is 0 Å². The van der Waals surface area contributed by atoms with Gasteiger partial charge >= 0.3 is 36.9 Å². The lowest BCUT2D eigenvalue weighted by atomic mass is 9.95. The molecule has 4 unspecified atom stereocenters. The quantitative estimate of drug-likeness (QED) is 0.0241. The number of imidazole rings is 3. The fourth-order valence-corrected chi connectivity index (χ4v) is 13.4. The third-order valence-corrected chi connectivity index (χ3v) is 17.4. The minimum absolute atomic E-state index is 0.0101. The van der Waals surface area contributed by atoms with Crippen molar-refractivity contribution in [2.24, 2.45) is 13.0 Å². The fourth-order valence-electron chi connectivity index (χ4n) is 8.88. The summed E-state index contributed by atoms with van der Waals surface area (Å²) in [6, 6.07) is 0. The maximum atomic E-state index is 13.7. The van der Waals surface area contributed by atoms with Crippen LogP contribution < -0.4 is 32.9 Å². The van der Waals surface area contributed by atoms with E-state index < -0.39 is 142 Å². The van der Waals surface area contributed by atoms with E-state index >= 15 is 0 Å². The van der Waals surface area contributed by atoms with E-state index in [0.29, 0.717) is 0 Å². The third kappa shape index (κ3) is 11.5. The summed E-state index contributed by atoms with van der Waals surface area (Å²) in [5.41, 5.74) is 15.6. The van der Waals surface area contributed by atoms with Crippen LogP contribution in [0.5, 0.6) is 0 Å². The van der Waals surface area contributed by atoms with Crippen LogP contribution in [0.3, 0.4) is 0 Å². The molecule has 0 bridgehead atoms. The monoisotopic (exact) mass is 1170 g/mol. The van der Waals surface area contributed by atoms with Crippen LogP contribution in [0.2, 0.25) is 0 Å². The first kappa shape index (κ1) is 56.6. The Hall–Kier alpha value is -5.15. The van der Waals surface area contributed by atoms with Crippen LogP contribution in [0.25, 0.3) is 33.5 Å². The smallest absolute Gasteiger partial charge is 0.396 e. The molecule has 16 atom stereocenters. The van der Waals surface area contributed by atoms with Crippen molar-refractivity contribution in [1.29, 1.82) is 0 Å². The zero-order chi connectivity index (χ0) is 55.7. The van der Waals surface area contributed by atoms with Crippen molar-refractivity contribution in [2.45, 2.75) is 73.9 Å². The van der Waals surface area contributed by atoms with Gasteiger partial charge in [-0.1, -0.05) is 4.98 Å². The molecule has 0 amide bonds. The third-order valence-electron chi connectivity index (χ3n) is 12.2. The number of nitrogens with one attached hydrogen (secondary N) is 2. The molecule has 39 nitrogen and oxygen atoms in total. The van der Waals surface area contributed by atoms with Crippen LogP contribution in [0, 0.1) is 5.92 Å². The van der Waals surface area contributed by atoms with E-state index in [9.17, 15) is 67.8 Å². The van der Waals surface area contributed by atoms with E-state index in [-0.39, 0.29) is 57.6 Å². The molecule has 43 heteroatoms. The highest BCUT2D eigenvalue weighted by atomic mass is 31.3. The Balaban J connectivity index is 0.869. The van der Waals surface area contributed by atoms with Crippen molar-refractivity contribution in [3.05, 3.63) is 46.0 Å². The highest BCUT2D eigenvalue weighted by Gasteiger charge is 2.54. The van der Waals surface area contributed by atoms with Crippen molar-refractivity contribution in [1.82, 2.24) is 53.6 Å². The van der Waals surface area contributed by atoms with Gasteiger partial charge in [-0.05, 0) is 6.42 Å². The number of methoxy groups -OCH3 is 1. The number of nitrogens with zero attached hydrogens (tertiary/aromatic N) is 10. The number of hydrogen-bond donors (Lipinski definition) is 13. The summed E-state index contributed by atoms with van der Waals surface area (Å²) in [6.45, 7) is -3.77. The first-order valence-corrected chi connectivity index (χ1v) is 28.1. The number of H-pyrrole nitrogens is 2. The summed E-state index contributed by atoms with van der Waals surface area (Å²) < 4.78 is 110. The molecular weight excluding hydrogens is 1130 g/mol. The number of nitrogen functional groups attached to an aromatic ring is 3. The molecule has 16 N–H and O–H groups in total. The van der Waals surface area contributed by atoms with Gasteiger partial charge in [-0.3, -0.25) is 51.4 Å². The zero-order valence-electron chi connectivity index (χ0n) is 39.4. The summed E-state index contributed by atoms with van der Waals surface area (Å²) in [6.07, 6.45) is -13.3. The fraction of sp³-hybridized carbons (Fsp3) is 0.559. The van der Waals surface area contributed by atoms with Gasteiger partial charge in [0.15, 0.2) is 41.4 Å². The van der Waals surface area contributed by atoms with Gasteiger partial charge in [0.25, 0.3) is 17.1 Å². The lowest BCUT2D eigenvalue weighted by molar-refractivity contribution is -0.745. The average molecular weight is 1170 g/mol. The Morgan fingerprint density at radius 2 is 1.30 bits per heavy atom. The SMILES string of the molecule is CO[C@@H]1[C@H](OP(=O)(O)OC[C@H]2O[C@@H](n3cnc4c(=O)[nH]c(N)nc43)[C@H](O)[C@@H]2O)[C@@H](COP(=O)(O)OP(=O)(O)OP(=O)(O)OC[C@H]2O[C@@H]([n+]3cn(C)c4c(=O)[nH]c(N)nc43)[C@H](O)[C@@H]2CCO)O[C@H]1n1cnc2c(N)ncnc21. The number of anilines is 3. The number of ether oxygens (including phenoxy) is 4. The summed E-state index contributed by atoms with van der Waals surface area (Å²) in [7, 11) is -20.8.